The molecule has 1 heterocycles. The number of amides is 1. The minimum atomic E-state index is -0.0961. The fourth-order valence-corrected chi connectivity index (χ4v) is 2.80. The highest BCUT2D eigenvalue weighted by molar-refractivity contribution is 7.98. The van der Waals surface area contributed by atoms with Gasteiger partial charge >= 0.3 is 0 Å². The minimum absolute atomic E-state index is 0.0501. The summed E-state index contributed by atoms with van der Waals surface area (Å²) in [4.78, 5) is 11.8. The second-order valence-electron chi connectivity index (χ2n) is 4.99. The van der Waals surface area contributed by atoms with Gasteiger partial charge in [-0.3, -0.25) is 4.79 Å². The van der Waals surface area contributed by atoms with Crippen molar-refractivity contribution in [2.45, 2.75) is 19.6 Å². The van der Waals surface area contributed by atoms with E-state index in [4.69, 9.17) is 9.15 Å². The average Bonchev–Trinajstić information content (AvgIpc) is 2.99. The Morgan fingerprint density at radius 2 is 2.00 bits per heavy atom. The molecule has 22 heavy (non-hydrogen) atoms. The largest absolute Gasteiger partial charge is 0.483 e. The van der Waals surface area contributed by atoms with E-state index in [2.05, 4.69) is 5.32 Å². The normalized spacial score (nSPS) is 10.5. The Hall–Kier alpha value is -1.88. The number of carbonyl (C=O) groups excluding carboxylic acids is 1. The first-order valence-corrected chi connectivity index (χ1v) is 8.38. The van der Waals surface area contributed by atoms with Gasteiger partial charge in [0.15, 0.2) is 6.61 Å². The molecule has 2 aromatic rings. The number of carbonyl (C=O) groups is 1. The maximum Gasteiger partial charge on any atom is 0.257 e. The summed E-state index contributed by atoms with van der Waals surface area (Å²) >= 11 is 1.72. The predicted octanol–water partition coefficient (Wildman–Crippen LogP) is 3.32. The van der Waals surface area contributed by atoms with Crippen LogP contribution in [0.3, 0.4) is 0 Å². The highest BCUT2D eigenvalue weighted by atomic mass is 32.2. The highest BCUT2D eigenvalue weighted by Crippen LogP contribution is 2.21. The van der Waals surface area contributed by atoms with Crippen LogP contribution in [0.15, 0.2) is 41.0 Å². The van der Waals surface area contributed by atoms with Crippen molar-refractivity contribution in [1.82, 2.24) is 5.32 Å². The van der Waals surface area contributed by atoms with Gasteiger partial charge in [-0.2, -0.15) is 11.8 Å². The molecular weight excluding hydrogens is 298 g/mol. The number of thioether (sulfide) groups is 1. The third-order valence-corrected chi connectivity index (χ3v) is 4.13. The quantitative estimate of drug-likeness (QED) is 0.758. The lowest BCUT2D eigenvalue weighted by Gasteiger charge is -2.11. The lowest BCUT2D eigenvalue weighted by molar-refractivity contribution is -0.122. The average molecular weight is 319 g/mol. The van der Waals surface area contributed by atoms with Crippen molar-refractivity contribution in [3.8, 4) is 5.75 Å². The molecule has 118 valence electrons. The molecule has 0 unspecified atom stereocenters. The van der Waals surface area contributed by atoms with E-state index in [9.17, 15) is 4.79 Å². The standard InChI is InChI=1S/C17H21NO3S/c1-13-5-3-6-14(2)17(13)21-11-16(19)18-8-10-22-12-15-7-4-9-20-15/h3-7,9H,8,10-12H2,1-2H3,(H,18,19). The molecule has 0 saturated carbocycles. The van der Waals surface area contributed by atoms with Gasteiger partial charge in [0.2, 0.25) is 0 Å². The van der Waals surface area contributed by atoms with Crippen LogP contribution in [-0.4, -0.2) is 24.8 Å². The van der Waals surface area contributed by atoms with Gasteiger partial charge < -0.3 is 14.5 Å². The summed E-state index contributed by atoms with van der Waals surface area (Å²) in [6, 6.07) is 9.76. The fraction of sp³-hybridized carbons (Fsp3) is 0.353. The van der Waals surface area contributed by atoms with Crippen molar-refractivity contribution in [3.63, 3.8) is 0 Å². The second-order valence-corrected chi connectivity index (χ2v) is 6.10. The number of furan rings is 1. The van der Waals surface area contributed by atoms with E-state index in [1.54, 1.807) is 18.0 Å². The Morgan fingerprint density at radius 1 is 1.23 bits per heavy atom. The summed E-state index contributed by atoms with van der Waals surface area (Å²) in [6.07, 6.45) is 1.67. The number of benzene rings is 1. The molecule has 0 saturated heterocycles. The van der Waals surface area contributed by atoms with Crippen molar-refractivity contribution in [2.24, 2.45) is 0 Å². The Bertz CT molecular complexity index is 576. The van der Waals surface area contributed by atoms with Gasteiger partial charge in [0.1, 0.15) is 11.5 Å². The Morgan fingerprint density at radius 3 is 2.68 bits per heavy atom. The SMILES string of the molecule is Cc1cccc(C)c1OCC(=O)NCCSCc1ccco1. The molecule has 0 aliphatic heterocycles. The summed E-state index contributed by atoms with van der Waals surface area (Å²) in [7, 11) is 0. The molecule has 1 amide bonds. The van der Waals surface area contributed by atoms with Crippen LogP contribution in [0.25, 0.3) is 0 Å². The number of aryl methyl sites for hydroxylation is 2. The molecular formula is C17H21NO3S. The molecule has 1 aromatic carbocycles. The molecule has 0 bridgehead atoms. The van der Waals surface area contributed by atoms with E-state index in [1.165, 1.54) is 0 Å². The van der Waals surface area contributed by atoms with Crippen molar-refractivity contribution in [3.05, 3.63) is 53.5 Å². The van der Waals surface area contributed by atoms with Gasteiger partial charge in [0.25, 0.3) is 5.91 Å². The van der Waals surface area contributed by atoms with Gasteiger partial charge in [-0.15, -0.1) is 0 Å². The molecule has 0 fully saturated rings. The number of para-hydroxylation sites is 1. The predicted molar refractivity (Wildman–Crippen MR) is 89.3 cm³/mol. The number of nitrogens with one attached hydrogen (secondary N) is 1. The van der Waals surface area contributed by atoms with E-state index >= 15 is 0 Å². The van der Waals surface area contributed by atoms with Gasteiger partial charge in [0, 0.05) is 12.3 Å². The van der Waals surface area contributed by atoms with Gasteiger partial charge in [-0.05, 0) is 37.1 Å². The second kappa shape index (κ2) is 8.54. The summed E-state index contributed by atoms with van der Waals surface area (Å²) in [6.45, 7) is 4.63. The Kier molecular flexibility index (Phi) is 6.40. The first kappa shape index (κ1) is 16.5. The van der Waals surface area contributed by atoms with E-state index < -0.39 is 0 Å². The first-order valence-electron chi connectivity index (χ1n) is 7.22. The number of ether oxygens (including phenoxy) is 1. The molecule has 1 aromatic heterocycles. The Balaban J connectivity index is 1.62. The van der Waals surface area contributed by atoms with Crippen LogP contribution in [0, 0.1) is 13.8 Å². The third kappa shape index (κ3) is 5.15. The maximum atomic E-state index is 11.8. The molecule has 1 N–H and O–H groups in total. The third-order valence-electron chi connectivity index (χ3n) is 3.15. The summed E-state index contributed by atoms with van der Waals surface area (Å²) in [5.74, 6) is 3.32. The lowest BCUT2D eigenvalue weighted by atomic mass is 10.1. The molecule has 5 heteroatoms. The molecule has 4 nitrogen and oxygen atoms in total. The molecule has 2 rings (SSSR count). The zero-order valence-corrected chi connectivity index (χ0v) is 13.7. The van der Waals surface area contributed by atoms with E-state index in [0.717, 1.165) is 34.1 Å². The fourth-order valence-electron chi connectivity index (χ4n) is 2.05. The number of rotatable bonds is 8. The summed E-state index contributed by atoms with van der Waals surface area (Å²) in [5.41, 5.74) is 2.09. The van der Waals surface area contributed by atoms with Crippen LogP contribution < -0.4 is 10.1 Å². The van der Waals surface area contributed by atoms with Gasteiger partial charge in [0.05, 0.1) is 12.0 Å². The van der Waals surface area contributed by atoms with Crippen LogP contribution in [-0.2, 0) is 10.5 Å². The highest BCUT2D eigenvalue weighted by Gasteiger charge is 2.06. The van der Waals surface area contributed by atoms with Crippen molar-refractivity contribution < 1.29 is 13.9 Å². The van der Waals surface area contributed by atoms with Gasteiger partial charge in [-0.1, -0.05) is 18.2 Å². The molecule has 0 spiro atoms. The maximum absolute atomic E-state index is 11.8. The molecule has 0 atom stereocenters. The van der Waals surface area contributed by atoms with Crippen LogP contribution in [0.5, 0.6) is 5.75 Å². The van der Waals surface area contributed by atoms with Crippen molar-refractivity contribution in [1.29, 1.82) is 0 Å². The number of hydrogen-bond donors (Lipinski definition) is 1. The van der Waals surface area contributed by atoms with Crippen molar-refractivity contribution >= 4 is 17.7 Å². The summed E-state index contributed by atoms with van der Waals surface area (Å²) in [5, 5.41) is 2.86. The first-order chi connectivity index (χ1) is 10.7. The van der Waals surface area contributed by atoms with E-state index in [1.807, 2.05) is 44.2 Å². The van der Waals surface area contributed by atoms with Crippen LogP contribution in [0.2, 0.25) is 0 Å². The minimum Gasteiger partial charge on any atom is -0.483 e. The lowest BCUT2D eigenvalue weighted by Crippen LogP contribution is -2.30. The monoisotopic (exact) mass is 319 g/mol. The molecule has 0 radical (unpaired) electrons. The zero-order valence-electron chi connectivity index (χ0n) is 12.9. The number of hydrogen-bond acceptors (Lipinski definition) is 4. The smallest absolute Gasteiger partial charge is 0.257 e. The van der Waals surface area contributed by atoms with Crippen LogP contribution in [0.1, 0.15) is 16.9 Å². The van der Waals surface area contributed by atoms with E-state index in [0.29, 0.717) is 6.54 Å². The van der Waals surface area contributed by atoms with Crippen LogP contribution >= 0.6 is 11.8 Å². The van der Waals surface area contributed by atoms with Crippen molar-refractivity contribution in [2.75, 3.05) is 18.9 Å². The Labute approximate surface area is 135 Å². The molecule has 0 aliphatic rings. The summed E-state index contributed by atoms with van der Waals surface area (Å²) < 4.78 is 10.9. The van der Waals surface area contributed by atoms with Gasteiger partial charge in [-0.25, -0.2) is 0 Å². The van der Waals surface area contributed by atoms with E-state index in [-0.39, 0.29) is 12.5 Å². The van der Waals surface area contributed by atoms with Crippen LogP contribution in [0.4, 0.5) is 0 Å². The zero-order chi connectivity index (χ0) is 15.8. The topological polar surface area (TPSA) is 51.5 Å². The molecule has 0 aliphatic carbocycles.